The molecule has 1 unspecified atom stereocenters. The Kier molecular flexibility index (Phi) is 4.51. The van der Waals surface area contributed by atoms with Crippen LogP contribution in [0.2, 0.25) is 0 Å². The summed E-state index contributed by atoms with van der Waals surface area (Å²) in [6, 6.07) is 4.86. The zero-order valence-corrected chi connectivity index (χ0v) is 11.0. The molecule has 0 heterocycles. The smallest absolute Gasteiger partial charge is 0.340 e. The summed E-state index contributed by atoms with van der Waals surface area (Å²) >= 11 is 3.21. The van der Waals surface area contributed by atoms with E-state index in [1.807, 2.05) is 0 Å². The van der Waals surface area contributed by atoms with Gasteiger partial charge < -0.3 is 15.2 Å². The number of hydrogen-bond acceptors (Lipinski definition) is 4. The van der Waals surface area contributed by atoms with Gasteiger partial charge in [0.1, 0.15) is 5.75 Å². The van der Waals surface area contributed by atoms with Gasteiger partial charge in [0.15, 0.2) is 6.10 Å². The summed E-state index contributed by atoms with van der Waals surface area (Å²) in [5, 5.41) is 0. The third kappa shape index (κ3) is 3.45. The first-order valence-corrected chi connectivity index (χ1v) is 5.59. The molecule has 2 N–H and O–H groups in total. The van der Waals surface area contributed by atoms with Crippen LogP contribution in [-0.2, 0) is 9.53 Å². The molecular formula is C11H12BrNO4. The van der Waals surface area contributed by atoms with Gasteiger partial charge in [-0.25, -0.2) is 4.79 Å². The van der Waals surface area contributed by atoms with Crippen LogP contribution in [0, 0.1) is 0 Å². The molecule has 1 aromatic rings. The van der Waals surface area contributed by atoms with Crippen molar-refractivity contribution in [3.05, 3.63) is 28.2 Å². The van der Waals surface area contributed by atoms with E-state index in [0.29, 0.717) is 10.2 Å². The van der Waals surface area contributed by atoms with Gasteiger partial charge >= 0.3 is 5.97 Å². The van der Waals surface area contributed by atoms with Gasteiger partial charge in [-0.1, -0.05) is 0 Å². The largest absolute Gasteiger partial charge is 0.497 e. The fraction of sp³-hybridized carbons (Fsp3) is 0.273. The third-order valence-corrected chi connectivity index (χ3v) is 2.77. The van der Waals surface area contributed by atoms with Gasteiger partial charge in [0.25, 0.3) is 5.91 Å². The lowest BCUT2D eigenvalue weighted by atomic mass is 10.2. The first-order chi connectivity index (χ1) is 7.95. The second-order valence-electron chi connectivity index (χ2n) is 3.30. The van der Waals surface area contributed by atoms with Gasteiger partial charge in [-0.3, -0.25) is 4.79 Å². The van der Waals surface area contributed by atoms with E-state index in [9.17, 15) is 9.59 Å². The number of ether oxygens (including phenoxy) is 2. The number of hydrogen-bond donors (Lipinski definition) is 1. The van der Waals surface area contributed by atoms with E-state index in [-0.39, 0.29) is 5.56 Å². The van der Waals surface area contributed by atoms with Crippen LogP contribution in [0.4, 0.5) is 0 Å². The summed E-state index contributed by atoms with van der Waals surface area (Å²) in [4.78, 5) is 22.5. The quantitative estimate of drug-likeness (QED) is 0.855. The maximum absolute atomic E-state index is 11.7. The molecule has 0 saturated carbocycles. The minimum atomic E-state index is -0.972. The topological polar surface area (TPSA) is 78.6 Å². The van der Waals surface area contributed by atoms with Gasteiger partial charge in [0.05, 0.1) is 12.7 Å². The molecule has 1 amide bonds. The highest BCUT2D eigenvalue weighted by atomic mass is 79.9. The fourth-order valence-electron chi connectivity index (χ4n) is 1.07. The maximum atomic E-state index is 11.7. The number of halogens is 1. The number of primary amides is 1. The molecule has 0 spiro atoms. The standard InChI is InChI=1S/C11H12BrNO4/c1-6(10(13)14)17-11(15)8-5-7(16-2)3-4-9(8)12/h3-6H,1-2H3,(H2,13,14). The van der Waals surface area contributed by atoms with Crippen molar-refractivity contribution in [1.82, 2.24) is 0 Å². The monoisotopic (exact) mass is 301 g/mol. The number of rotatable bonds is 4. The van der Waals surface area contributed by atoms with Gasteiger partial charge in [-0.05, 0) is 41.1 Å². The van der Waals surface area contributed by atoms with Gasteiger partial charge in [0, 0.05) is 4.47 Å². The number of carbonyl (C=O) groups is 2. The van der Waals surface area contributed by atoms with Crippen molar-refractivity contribution in [2.75, 3.05) is 7.11 Å². The summed E-state index contributed by atoms with van der Waals surface area (Å²) in [6.45, 7) is 1.41. The Balaban J connectivity index is 2.91. The normalized spacial score (nSPS) is 11.7. The van der Waals surface area contributed by atoms with Gasteiger partial charge in [-0.2, -0.15) is 0 Å². The Hall–Kier alpha value is -1.56. The van der Waals surface area contributed by atoms with Gasteiger partial charge in [-0.15, -0.1) is 0 Å². The van der Waals surface area contributed by atoms with E-state index >= 15 is 0 Å². The molecule has 0 aromatic heterocycles. The lowest BCUT2D eigenvalue weighted by Gasteiger charge is -2.11. The highest BCUT2D eigenvalue weighted by Crippen LogP contribution is 2.23. The van der Waals surface area contributed by atoms with E-state index in [4.69, 9.17) is 15.2 Å². The van der Waals surface area contributed by atoms with Gasteiger partial charge in [0.2, 0.25) is 0 Å². The van der Waals surface area contributed by atoms with Crippen LogP contribution in [-0.4, -0.2) is 25.1 Å². The molecular weight excluding hydrogens is 290 g/mol. The van der Waals surface area contributed by atoms with E-state index in [0.717, 1.165) is 0 Å². The lowest BCUT2D eigenvalue weighted by molar-refractivity contribution is -0.125. The van der Waals surface area contributed by atoms with E-state index in [1.54, 1.807) is 12.1 Å². The van der Waals surface area contributed by atoms with Crippen LogP contribution in [0.5, 0.6) is 5.75 Å². The van der Waals surface area contributed by atoms with Crippen molar-refractivity contribution >= 4 is 27.8 Å². The van der Waals surface area contributed by atoms with Crippen LogP contribution in [0.3, 0.4) is 0 Å². The molecule has 92 valence electrons. The highest BCUT2D eigenvalue weighted by Gasteiger charge is 2.18. The molecule has 5 nitrogen and oxygen atoms in total. The Labute approximate surface area is 107 Å². The molecule has 1 rings (SSSR count). The molecule has 6 heteroatoms. The Morgan fingerprint density at radius 3 is 2.59 bits per heavy atom. The minimum absolute atomic E-state index is 0.275. The number of carbonyl (C=O) groups excluding carboxylic acids is 2. The zero-order chi connectivity index (χ0) is 13.0. The second-order valence-corrected chi connectivity index (χ2v) is 4.15. The Bertz CT molecular complexity index is 447. The van der Waals surface area contributed by atoms with Crippen molar-refractivity contribution in [2.24, 2.45) is 5.73 Å². The number of methoxy groups -OCH3 is 1. The fourth-order valence-corrected chi connectivity index (χ4v) is 1.48. The average molecular weight is 302 g/mol. The van der Waals surface area contributed by atoms with E-state index in [1.165, 1.54) is 20.1 Å². The third-order valence-electron chi connectivity index (χ3n) is 2.08. The van der Waals surface area contributed by atoms with E-state index in [2.05, 4.69) is 15.9 Å². The second kappa shape index (κ2) is 5.67. The molecule has 1 aromatic carbocycles. The van der Waals surface area contributed by atoms with Crippen LogP contribution in [0.25, 0.3) is 0 Å². The summed E-state index contributed by atoms with van der Waals surface area (Å²) in [7, 11) is 1.49. The molecule has 0 fully saturated rings. The molecule has 1 atom stereocenters. The molecule has 0 aliphatic heterocycles. The van der Waals surface area contributed by atoms with Crippen molar-refractivity contribution in [3.63, 3.8) is 0 Å². The molecule has 0 bridgehead atoms. The molecule has 0 radical (unpaired) electrons. The predicted octanol–water partition coefficient (Wildman–Crippen LogP) is 1.49. The number of nitrogens with two attached hydrogens (primary N) is 1. The summed E-state index contributed by atoms with van der Waals surface area (Å²) < 4.78 is 10.4. The average Bonchev–Trinajstić information content (AvgIpc) is 2.29. The number of amides is 1. The first-order valence-electron chi connectivity index (χ1n) is 4.79. The SMILES string of the molecule is COc1ccc(Br)c(C(=O)OC(C)C(N)=O)c1. The molecule has 0 aliphatic rings. The van der Waals surface area contributed by atoms with E-state index < -0.39 is 18.0 Å². The van der Waals surface area contributed by atoms with Crippen molar-refractivity contribution in [3.8, 4) is 5.75 Å². The summed E-state index contributed by atoms with van der Waals surface area (Å²) in [5.74, 6) is -0.814. The van der Waals surface area contributed by atoms with Crippen LogP contribution in [0.1, 0.15) is 17.3 Å². The first kappa shape index (κ1) is 13.5. The van der Waals surface area contributed by atoms with Crippen molar-refractivity contribution in [2.45, 2.75) is 13.0 Å². The van der Waals surface area contributed by atoms with Crippen molar-refractivity contribution < 1.29 is 19.1 Å². The summed E-state index contributed by atoms with van der Waals surface area (Å²) in [6.07, 6.45) is -0.972. The Morgan fingerprint density at radius 1 is 1.41 bits per heavy atom. The molecule has 0 saturated heterocycles. The Morgan fingerprint density at radius 2 is 2.06 bits per heavy atom. The van der Waals surface area contributed by atoms with Crippen LogP contribution in [0.15, 0.2) is 22.7 Å². The highest BCUT2D eigenvalue weighted by molar-refractivity contribution is 9.10. The van der Waals surface area contributed by atoms with Crippen molar-refractivity contribution in [1.29, 1.82) is 0 Å². The maximum Gasteiger partial charge on any atom is 0.340 e. The number of benzene rings is 1. The predicted molar refractivity (Wildman–Crippen MR) is 64.8 cm³/mol. The lowest BCUT2D eigenvalue weighted by Crippen LogP contribution is -2.30. The minimum Gasteiger partial charge on any atom is -0.497 e. The molecule has 17 heavy (non-hydrogen) atoms. The summed E-state index contributed by atoms with van der Waals surface area (Å²) in [5.41, 5.74) is 5.28. The van der Waals surface area contributed by atoms with Crippen LogP contribution < -0.4 is 10.5 Å². The zero-order valence-electron chi connectivity index (χ0n) is 9.40. The van der Waals surface area contributed by atoms with Crippen LogP contribution >= 0.6 is 15.9 Å². The molecule has 0 aliphatic carbocycles. The number of esters is 1.